The van der Waals surface area contributed by atoms with Crippen molar-refractivity contribution in [2.75, 3.05) is 0 Å². The van der Waals surface area contributed by atoms with Gasteiger partial charge in [0.05, 0.1) is 6.42 Å². The highest BCUT2D eigenvalue weighted by atomic mass is 32.2. The summed E-state index contributed by atoms with van der Waals surface area (Å²) in [7, 11) is -4.46. The lowest BCUT2D eigenvalue weighted by Crippen LogP contribution is -2.33. The van der Waals surface area contributed by atoms with E-state index in [1.807, 2.05) is 0 Å². The topological polar surface area (TPSA) is 108 Å². The lowest BCUT2D eigenvalue weighted by molar-refractivity contribution is -0.114. The van der Waals surface area contributed by atoms with E-state index in [9.17, 15) is 13.2 Å². The number of nitrogens with zero attached hydrogens (tertiary/aromatic N) is 2. The summed E-state index contributed by atoms with van der Waals surface area (Å²) in [6.07, 6.45) is 5.93. The molecule has 1 N–H and O–H groups in total. The summed E-state index contributed by atoms with van der Waals surface area (Å²) in [5.41, 5.74) is 9.58. The molecule has 2 aliphatic rings. The molecule has 2 rings (SSSR count). The number of fused-ring (bicyclic) bond motifs is 1. The minimum atomic E-state index is -4.46. The number of ketones is 1. The fourth-order valence-electron chi connectivity index (χ4n) is 1.74. The molecule has 0 fully saturated rings. The zero-order chi connectivity index (χ0) is 12.6. The van der Waals surface area contributed by atoms with Crippen LogP contribution in [-0.2, 0) is 14.9 Å². The molecular formula is C10H8N2O4S. The van der Waals surface area contributed by atoms with E-state index < -0.39 is 21.2 Å². The smallest absolute Gasteiger partial charge is 0.296 e. The second kappa shape index (κ2) is 3.89. The molecule has 0 amide bonds. The number of Topliss-reactive ketones (excluding diaryl/α,β-unsaturated/α-hetero) is 1. The summed E-state index contributed by atoms with van der Waals surface area (Å²) in [4.78, 5) is 14.8. The van der Waals surface area contributed by atoms with Gasteiger partial charge in [-0.15, -0.1) is 0 Å². The third kappa shape index (κ3) is 2.03. The Morgan fingerprint density at radius 1 is 1.47 bits per heavy atom. The number of hydrogen-bond donors (Lipinski definition) is 1. The summed E-state index contributed by atoms with van der Waals surface area (Å²) >= 11 is 0. The van der Waals surface area contributed by atoms with E-state index in [2.05, 4.69) is 4.79 Å². The number of carbonyl (C=O) groups excluding carboxylic acids is 1. The van der Waals surface area contributed by atoms with Crippen molar-refractivity contribution < 1.29 is 22.6 Å². The van der Waals surface area contributed by atoms with Crippen molar-refractivity contribution in [2.45, 2.75) is 11.7 Å². The minimum absolute atomic E-state index is 0.133. The van der Waals surface area contributed by atoms with Gasteiger partial charge >= 0.3 is 0 Å². The van der Waals surface area contributed by atoms with Gasteiger partial charge in [0.15, 0.2) is 11.0 Å². The molecule has 1 atom stereocenters. The van der Waals surface area contributed by atoms with Gasteiger partial charge in [0.1, 0.15) is 0 Å². The number of carbonyl (C=O) groups is 1. The quantitative estimate of drug-likeness (QED) is 0.411. The molecule has 0 heterocycles. The first kappa shape index (κ1) is 11.7. The molecule has 0 aromatic carbocycles. The van der Waals surface area contributed by atoms with Gasteiger partial charge in [0.25, 0.3) is 15.8 Å². The maximum atomic E-state index is 11.8. The van der Waals surface area contributed by atoms with Gasteiger partial charge in [0.2, 0.25) is 0 Å². The van der Waals surface area contributed by atoms with Crippen LogP contribution in [0.4, 0.5) is 0 Å². The van der Waals surface area contributed by atoms with Gasteiger partial charge in [-0.3, -0.25) is 9.35 Å². The van der Waals surface area contributed by atoms with Crippen molar-refractivity contribution in [1.29, 1.82) is 0 Å². The van der Waals surface area contributed by atoms with E-state index in [0.29, 0.717) is 12.0 Å². The molecule has 1 unspecified atom stereocenters. The van der Waals surface area contributed by atoms with Gasteiger partial charge in [-0.1, -0.05) is 18.2 Å². The Labute approximate surface area is 97.3 Å². The number of hydrogen-bond acceptors (Lipinski definition) is 3. The maximum absolute atomic E-state index is 11.8. The van der Waals surface area contributed by atoms with Gasteiger partial charge in [-0.2, -0.15) is 13.2 Å². The molecule has 0 aliphatic heterocycles. The SMILES string of the molecule is [N-]=[N+]=C1C=C2C(=O)C(S(=O)(=O)O)C=CC2=CC1. The van der Waals surface area contributed by atoms with Crippen LogP contribution in [0.15, 0.2) is 35.5 Å². The molecule has 0 saturated carbocycles. The zero-order valence-corrected chi connectivity index (χ0v) is 9.38. The van der Waals surface area contributed by atoms with E-state index in [4.69, 9.17) is 10.1 Å². The lowest BCUT2D eigenvalue weighted by atomic mass is 9.88. The van der Waals surface area contributed by atoms with Crippen LogP contribution in [0.2, 0.25) is 0 Å². The molecule has 0 saturated heterocycles. The maximum Gasteiger partial charge on any atom is 0.296 e. The van der Waals surface area contributed by atoms with Crippen LogP contribution in [0, 0.1) is 0 Å². The summed E-state index contributed by atoms with van der Waals surface area (Å²) in [5, 5.41) is -1.58. The predicted molar refractivity (Wildman–Crippen MR) is 58.9 cm³/mol. The Hall–Kier alpha value is -1.82. The zero-order valence-electron chi connectivity index (χ0n) is 8.57. The van der Waals surface area contributed by atoms with Crippen molar-refractivity contribution >= 4 is 21.6 Å². The average molecular weight is 252 g/mol. The second-order valence-corrected chi connectivity index (χ2v) is 5.21. The predicted octanol–water partition coefficient (Wildman–Crippen LogP) is 0.309. The van der Waals surface area contributed by atoms with Gasteiger partial charge < -0.3 is 5.53 Å². The fraction of sp³-hybridized carbons (Fsp3) is 0.200. The van der Waals surface area contributed by atoms with E-state index in [1.165, 1.54) is 12.2 Å². The van der Waals surface area contributed by atoms with E-state index >= 15 is 0 Å². The van der Waals surface area contributed by atoms with Crippen molar-refractivity contribution in [2.24, 2.45) is 0 Å². The fourth-order valence-corrected chi connectivity index (χ4v) is 2.42. The van der Waals surface area contributed by atoms with Crippen molar-refractivity contribution in [1.82, 2.24) is 0 Å². The van der Waals surface area contributed by atoms with Crippen molar-refractivity contribution in [3.05, 3.63) is 41.0 Å². The van der Waals surface area contributed by atoms with E-state index in [0.717, 1.165) is 6.08 Å². The summed E-state index contributed by atoms with van der Waals surface area (Å²) in [5.74, 6) is -0.720. The Morgan fingerprint density at radius 2 is 2.18 bits per heavy atom. The van der Waals surface area contributed by atoms with E-state index in [1.54, 1.807) is 6.08 Å². The Kier molecular flexibility index (Phi) is 2.66. The Bertz CT molecular complexity index is 633. The number of allylic oxidation sites excluding steroid dienone is 5. The van der Waals surface area contributed by atoms with Crippen LogP contribution in [0.1, 0.15) is 6.42 Å². The molecule has 17 heavy (non-hydrogen) atoms. The summed E-state index contributed by atoms with van der Waals surface area (Å²) < 4.78 is 30.9. The van der Waals surface area contributed by atoms with Crippen LogP contribution < -0.4 is 0 Å². The van der Waals surface area contributed by atoms with Crippen molar-refractivity contribution in [3.8, 4) is 0 Å². The van der Waals surface area contributed by atoms with Crippen LogP contribution in [-0.4, -0.2) is 34.5 Å². The third-order valence-electron chi connectivity index (χ3n) is 2.58. The molecule has 0 aromatic heterocycles. The normalized spacial score (nSPS) is 23.7. The Balaban J connectivity index is 2.54. The van der Waals surface area contributed by atoms with E-state index in [-0.39, 0.29) is 11.3 Å². The Morgan fingerprint density at radius 3 is 2.76 bits per heavy atom. The first-order valence-corrected chi connectivity index (χ1v) is 6.25. The van der Waals surface area contributed by atoms with Gasteiger partial charge in [-0.05, 0) is 5.57 Å². The average Bonchev–Trinajstić information content (AvgIpc) is 2.27. The second-order valence-electron chi connectivity index (χ2n) is 3.67. The first-order chi connectivity index (χ1) is 7.93. The highest BCUT2D eigenvalue weighted by Gasteiger charge is 2.36. The van der Waals surface area contributed by atoms with Crippen LogP contribution in [0.3, 0.4) is 0 Å². The summed E-state index contributed by atoms with van der Waals surface area (Å²) in [6.45, 7) is 0. The monoisotopic (exact) mass is 252 g/mol. The van der Waals surface area contributed by atoms with Crippen LogP contribution in [0.25, 0.3) is 5.53 Å². The largest absolute Gasteiger partial charge is 0.361 e. The molecule has 6 nitrogen and oxygen atoms in total. The first-order valence-electron chi connectivity index (χ1n) is 4.75. The standard InChI is InChI=1S/C10H8N2O4S/c11-12-7-3-1-6-2-4-9(17(14,15)16)10(13)8(6)5-7/h1-2,4-5,9H,3H2,(H,14,15,16). The van der Waals surface area contributed by atoms with Gasteiger partial charge in [0, 0.05) is 11.6 Å². The molecule has 0 spiro atoms. The molecule has 2 aliphatic carbocycles. The third-order valence-corrected chi connectivity index (χ3v) is 3.59. The lowest BCUT2D eigenvalue weighted by Gasteiger charge is -2.18. The number of rotatable bonds is 1. The molecule has 7 heteroatoms. The summed E-state index contributed by atoms with van der Waals surface area (Å²) in [6, 6.07) is 0. The highest BCUT2D eigenvalue weighted by molar-refractivity contribution is 7.87. The molecule has 0 radical (unpaired) electrons. The van der Waals surface area contributed by atoms with Crippen molar-refractivity contribution in [3.63, 3.8) is 0 Å². The molecule has 0 bridgehead atoms. The minimum Gasteiger partial charge on any atom is -0.361 e. The highest BCUT2D eigenvalue weighted by Crippen LogP contribution is 2.27. The van der Waals surface area contributed by atoms with Crippen LogP contribution >= 0.6 is 0 Å². The molecular weight excluding hydrogens is 244 g/mol. The van der Waals surface area contributed by atoms with Gasteiger partial charge in [-0.25, -0.2) is 0 Å². The molecule has 88 valence electrons. The van der Waals surface area contributed by atoms with Crippen LogP contribution in [0.5, 0.6) is 0 Å². The molecule has 0 aromatic rings.